The first-order chi connectivity index (χ1) is 21.8. The number of ether oxygens (including phenoxy) is 2. The topological polar surface area (TPSA) is 57.2 Å². The zero-order valence-corrected chi connectivity index (χ0v) is 31.5. The van der Waals surface area contributed by atoms with Crippen LogP contribution in [0.4, 0.5) is 0 Å². The molecule has 2 heterocycles. The molecule has 46 heavy (non-hydrogen) atoms. The van der Waals surface area contributed by atoms with Crippen molar-refractivity contribution in [2.75, 3.05) is 6.61 Å². The van der Waals surface area contributed by atoms with Gasteiger partial charge < -0.3 is 23.4 Å². The molecule has 2 aliphatic heterocycles. The number of benzene rings is 3. The third-order valence-corrected chi connectivity index (χ3v) is 21.8. The molecule has 0 radical (unpaired) electrons. The molecule has 7 heteroatoms. The fourth-order valence-corrected chi connectivity index (χ4v) is 18.8. The van der Waals surface area contributed by atoms with Gasteiger partial charge in [0.15, 0.2) is 0 Å². The van der Waals surface area contributed by atoms with Crippen LogP contribution >= 0.6 is 0 Å². The molecule has 1 N–H and O–H groups in total. The third-order valence-electron chi connectivity index (χ3n) is 10.7. The molecule has 3 aromatic carbocycles. The van der Waals surface area contributed by atoms with E-state index < -0.39 is 34.6 Å². The molecular formula is C39H56O5Si2. The molecule has 4 atom stereocenters. The van der Waals surface area contributed by atoms with E-state index in [1.54, 1.807) is 0 Å². The number of rotatable bonds is 11. The van der Waals surface area contributed by atoms with Gasteiger partial charge in [0.05, 0.1) is 18.8 Å². The Morgan fingerprint density at radius 1 is 0.804 bits per heavy atom. The molecule has 0 amide bonds. The van der Waals surface area contributed by atoms with Gasteiger partial charge in [-0.1, -0.05) is 147 Å². The molecule has 1 fully saturated rings. The second kappa shape index (κ2) is 13.8. The highest BCUT2D eigenvalue weighted by atomic mass is 28.4. The SMILES string of the molecule is CC(C)[Si](O[C@@H]1C[C@@H](CCO[Si](c2ccccc2)(c2ccccc2)C(C)(C)C)O[C@]2(OCc3ccccc32)[C@H]1O)(C(C)C)C(C)C. The summed E-state index contributed by atoms with van der Waals surface area (Å²) in [5.41, 5.74) is 3.16. The number of aliphatic hydroxyl groups is 1. The molecule has 3 aromatic rings. The summed E-state index contributed by atoms with van der Waals surface area (Å²) in [7, 11) is -5.02. The highest BCUT2D eigenvalue weighted by Crippen LogP contribution is 2.50. The van der Waals surface area contributed by atoms with Crippen LogP contribution in [0.2, 0.25) is 21.7 Å². The van der Waals surface area contributed by atoms with Crippen LogP contribution in [0.25, 0.3) is 0 Å². The highest BCUT2D eigenvalue weighted by molar-refractivity contribution is 6.99. The van der Waals surface area contributed by atoms with Gasteiger partial charge in [-0.3, -0.25) is 0 Å². The fraction of sp³-hybridized carbons (Fsp3) is 0.538. The lowest BCUT2D eigenvalue weighted by molar-refractivity contribution is -0.344. The standard InChI is InChI=1S/C39H56O5Si2/c1-28(2)45(29(3)4,30(5)6)44-36-26-32(43-39(37(36)40)35-23-17-16-18-31(35)27-41-39)24-25-42-46(38(7,8)9,33-19-12-10-13-20-33)34-21-14-11-15-22-34/h10-23,28-30,32,36-37,40H,24-27H2,1-9H3/t32-,36-,37+,39+/m1/s1. The lowest BCUT2D eigenvalue weighted by Gasteiger charge is -2.51. The Labute approximate surface area is 279 Å². The van der Waals surface area contributed by atoms with Crippen LogP contribution in [0.3, 0.4) is 0 Å². The van der Waals surface area contributed by atoms with Gasteiger partial charge in [-0.2, -0.15) is 0 Å². The molecule has 5 rings (SSSR count). The van der Waals surface area contributed by atoms with Crippen molar-refractivity contribution in [2.45, 2.75) is 128 Å². The van der Waals surface area contributed by atoms with Gasteiger partial charge in [0.1, 0.15) is 6.10 Å². The van der Waals surface area contributed by atoms with E-state index in [1.807, 2.05) is 18.2 Å². The normalized spacial score (nSPS) is 23.9. The summed E-state index contributed by atoms with van der Waals surface area (Å²) < 4.78 is 28.0. The van der Waals surface area contributed by atoms with Crippen LogP contribution in [0.1, 0.15) is 86.3 Å². The van der Waals surface area contributed by atoms with E-state index in [0.717, 1.165) is 11.1 Å². The minimum absolute atomic E-state index is 0.114. The smallest absolute Gasteiger partial charge is 0.261 e. The summed E-state index contributed by atoms with van der Waals surface area (Å²) in [4.78, 5) is 0. The van der Waals surface area contributed by atoms with Crippen molar-refractivity contribution < 1.29 is 23.4 Å². The maximum atomic E-state index is 12.2. The molecule has 1 spiro atoms. The Bertz CT molecular complexity index is 1360. The Hall–Kier alpha value is -2.11. The van der Waals surface area contributed by atoms with Gasteiger partial charge in [0.25, 0.3) is 8.32 Å². The van der Waals surface area contributed by atoms with E-state index in [1.165, 1.54) is 10.4 Å². The van der Waals surface area contributed by atoms with Gasteiger partial charge in [-0.15, -0.1) is 0 Å². The van der Waals surface area contributed by atoms with Gasteiger partial charge >= 0.3 is 0 Å². The summed E-state index contributed by atoms with van der Waals surface area (Å²) in [5.74, 6) is -1.26. The lowest BCUT2D eigenvalue weighted by Crippen LogP contribution is -2.66. The third kappa shape index (κ3) is 6.13. The molecule has 0 saturated carbocycles. The van der Waals surface area contributed by atoms with E-state index in [2.05, 4.69) is 129 Å². The molecule has 5 nitrogen and oxygen atoms in total. The molecule has 250 valence electrons. The van der Waals surface area contributed by atoms with Crippen molar-refractivity contribution in [2.24, 2.45) is 0 Å². The largest absolute Gasteiger partial charge is 0.410 e. The van der Waals surface area contributed by atoms with Crippen LogP contribution in [-0.2, 0) is 30.7 Å². The Morgan fingerprint density at radius 2 is 1.33 bits per heavy atom. The molecule has 0 unspecified atom stereocenters. The van der Waals surface area contributed by atoms with Crippen molar-refractivity contribution in [3.63, 3.8) is 0 Å². The van der Waals surface area contributed by atoms with Crippen LogP contribution in [0.5, 0.6) is 0 Å². The van der Waals surface area contributed by atoms with Crippen LogP contribution in [0.15, 0.2) is 84.9 Å². The predicted molar refractivity (Wildman–Crippen MR) is 193 cm³/mol. The van der Waals surface area contributed by atoms with E-state index in [9.17, 15) is 5.11 Å². The van der Waals surface area contributed by atoms with Crippen molar-refractivity contribution in [3.05, 3.63) is 96.1 Å². The average molecular weight is 661 g/mol. The number of hydrogen-bond donors (Lipinski definition) is 1. The van der Waals surface area contributed by atoms with Gasteiger partial charge in [0, 0.05) is 18.6 Å². The van der Waals surface area contributed by atoms with Crippen molar-refractivity contribution in [1.82, 2.24) is 0 Å². The van der Waals surface area contributed by atoms with Crippen LogP contribution in [-0.4, -0.2) is 46.7 Å². The van der Waals surface area contributed by atoms with E-state index in [4.69, 9.17) is 18.3 Å². The zero-order valence-electron chi connectivity index (χ0n) is 29.5. The summed E-state index contributed by atoms with van der Waals surface area (Å²) in [6.45, 7) is 21.6. The van der Waals surface area contributed by atoms with E-state index in [0.29, 0.717) is 42.7 Å². The van der Waals surface area contributed by atoms with Gasteiger partial charge in [0.2, 0.25) is 14.1 Å². The second-order valence-corrected chi connectivity index (χ2v) is 25.0. The molecule has 1 saturated heterocycles. The number of fused-ring (bicyclic) bond motifs is 2. The van der Waals surface area contributed by atoms with Crippen LogP contribution in [0, 0.1) is 0 Å². The lowest BCUT2D eigenvalue weighted by atomic mass is 9.88. The molecule has 0 bridgehead atoms. The van der Waals surface area contributed by atoms with Gasteiger partial charge in [-0.25, -0.2) is 0 Å². The maximum Gasteiger partial charge on any atom is 0.261 e. The average Bonchev–Trinajstić information content (AvgIpc) is 3.38. The predicted octanol–water partition coefficient (Wildman–Crippen LogP) is 8.05. The minimum atomic E-state index is -2.71. The Balaban J connectivity index is 1.49. The maximum absolute atomic E-state index is 12.2. The first-order valence-electron chi connectivity index (χ1n) is 17.3. The van der Waals surface area contributed by atoms with E-state index >= 15 is 0 Å². The Morgan fingerprint density at radius 3 is 1.85 bits per heavy atom. The van der Waals surface area contributed by atoms with Crippen molar-refractivity contribution >= 4 is 27.0 Å². The number of aliphatic hydroxyl groups excluding tert-OH is 1. The summed E-state index contributed by atoms with van der Waals surface area (Å²) in [5, 5.41) is 14.6. The van der Waals surface area contributed by atoms with E-state index in [-0.39, 0.29) is 11.1 Å². The quantitative estimate of drug-likeness (QED) is 0.211. The van der Waals surface area contributed by atoms with Crippen molar-refractivity contribution in [3.8, 4) is 0 Å². The highest BCUT2D eigenvalue weighted by Gasteiger charge is 2.58. The van der Waals surface area contributed by atoms with Gasteiger partial charge in [-0.05, 0) is 44.0 Å². The summed E-state index contributed by atoms with van der Waals surface area (Å²) in [6.07, 6.45) is -0.288. The Kier molecular flexibility index (Phi) is 10.6. The molecule has 0 aliphatic carbocycles. The minimum Gasteiger partial charge on any atom is -0.410 e. The monoisotopic (exact) mass is 660 g/mol. The molecular weight excluding hydrogens is 605 g/mol. The second-order valence-electron chi connectivity index (χ2n) is 15.3. The summed E-state index contributed by atoms with van der Waals surface area (Å²) >= 11 is 0. The van der Waals surface area contributed by atoms with Crippen molar-refractivity contribution in [1.29, 1.82) is 0 Å². The number of hydrogen-bond acceptors (Lipinski definition) is 5. The molecule has 0 aromatic heterocycles. The summed E-state index contributed by atoms with van der Waals surface area (Å²) in [6, 6.07) is 29.7. The first kappa shape index (κ1) is 35.2. The first-order valence-corrected chi connectivity index (χ1v) is 21.4. The molecule has 2 aliphatic rings. The zero-order chi connectivity index (χ0) is 33.3. The fourth-order valence-electron chi connectivity index (χ4n) is 8.65. The van der Waals surface area contributed by atoms with Crippen LogP contribution < -0.4 is 10.4 Å².